The highest BCUT2D eigenvalue weighted by molar-refractivity contribution is 5.46. The molecular formula is C18H22O2. The van der Waals surface area contributed by atoms with E-state index >= 15 is 0 Å². The van der Waals surface area contributed by atoms with Crippen LogP contribution in [0.1, 0.15) is 43.7 Å². The third kappa shape index (κ3) is 1.61. The molecule has 0 spiro atoms. The standard InChI is InChI=1S/C18H22O2/c1-18-7-6-12-8-13-9-14(19)3-2-11(13)10-15(12)16(18)4-5-17(18)20/h2-3,9,16-17,19-20H,4-8,10H2,1H3. The summed E-state index contributed by atoms with van der Waals surface area (Å²) in [5, 5.41) is 20.0. The third-order valence-electron chi connectivity index (χ3n) is 6.10. The molecule has 0 aliphatic heterocycles. The van der Waals surface area contributed by atoms with Crippen LogP contribution in [-0.2, 0) is 12.8 Å². The molecule has 0 aromatic heterocycles. The van der Waals surface area contributed by atoms with Gasteiger partial charge in [0, 0.05) is 5.41 Å². The highest BCUT2D eigenvalue weighted by Crippen LogP contribution is 2.56. The summed E-state index contributed by atoms with van der Waals surface area (Å²) in [5.74, 6) is 0.952. The van der Waals surface area contributed by atoms with Crippen molar-refractivity contribution in [1.82, 2.24) is 0 Å². The average Bonchev–Trinajstić information content (AvgIpc) is 2.73. The van der Waals surface area contributed by atoms with E-state index in [1.165, 1.54) is 11.1 Å². The highest BCUT2D eigenvalue weighted by atomic mass is 16.3. The normalized spacial score (nSPS) is 35.5. The zero-order valence-corrected chi connectivity index (χ0v) is 12.0. The van der Waals surface area contributed by atoms with Gasteiger partial charge in [0.2, 0.25) is 0 Å². The van der Waals surface area contributed by atoms with Crippen LogP contribution >= 0.6 is 0 Å². The Labute approximate surface area is 120 Å². The molecule has 106 valence electrons. The zero-order valence-electron chi connectivity index (χ0n) is 12.0. The van der Waals surface area contributed by atoms with Crippen molar-refractivity contribution in [3.8, 4) is 5.75 Å². The van der Waals surface area contributed by atoms with E-state index in [4.69, 9.17) is 0 Å². The number of benzene rings is 1. The lowest BCUT2D eigenvalue weighted by atomic mass is 9.62. The second-order valence-corrected chi connectivity index (χ2v) is 7.09. The Bertz CT molecular complexity index is 601. The van der Waals surface area contributed by atoms with Crippen LogP contribution in [0.25, 0.3) is 0 Å². The van der Waals surface area contributed by atoms with Crippen LogP contribution in [0.15, 0.2) is 29.3 Å². The molecule has 2 nitrogen and oxygen atoms in total. The maximum absolute atomic E-state index is 10.3. The number of allylic oxidation sites excluding steroid dienone is 2. The molecule has 3 aliphatic rings. The van der Waals surface area contributed by atoms with Gasteiger partial charge in [0.15, 0.2) is 0 Å². The molecule has 3 atom stereocenters. The van der Waals surface area contributed by atoms with Gasteiger partial charge in [-0.3, -0.25) is 0 Å². The summed E-state index contributed by atoms with van der Waals surface area (Å²) in [7, 11) is 0. The molecule has 20 heavy (non-hydrogen) atoms. The number of aromatic hydroxyl groups is 1. The van der Waals surface area contributed by atoms with Crippen LogP contribution < -0.4 is 0 Å². The van der Waals surface area contributed by atoms with Crippen molar-refractivity contribution in [3.63, 3.8) is 0 Å². The summed E-state index contributed by atoms with van der Waals surface area (Å²) >= 11 is 0. The van der Waals surface area contributed by atoms with Crippen LogP contribution in [0.2, 0.25) is 0 Å². The van der Waals surface area contributed by atoms with Crippen molar-refractivity contribution < 1.29 is 10.2 Å². The van der Waals surface area contributed by atoms with Crippen LogP contribution in [0.3, 0.4) is 0 Å². The van der Waals surface area contributed by atoms with Gasteiger partial charge in [0.1, 0.15) is 5.75 Å². The number of aliphatic hydroxyl groups excluding tert-OH is 1. The Kier molecular flexibility index (Phi) is 2.56. The fraction of sp³-hybridized carbons (Fsp3) is 0.556. The fourth-order valence-electron chi connectivity index (χ4n) is 4.79. The Hall–Kier alpha value is -1.28. The van der Waals surface area contributed by atoms with Crippen molar-refractivity contribution in [3.05, 3.63) is 40.5 Å². The van der Waals surface area contributed by atoms with E-state index in [1.54, 1.807) is 17.2 Å². The molecule has 2 N–H and O–H groups in total. The van der Waals surface area contributed by atoms with Crippen molar-refractivity contribution in [2.24, 2.45) is 11.3 Å². The topological polar surface area (TPSA) is 40.5 Å². The fourth-order valence-corrected chi connectivity index (χ4v) is 4.79. The van der Waals surface area contributed by atoms with Crippen molar-refractivity contribution in [1.29, 1.82) is 0 Å². The summed E-state index contributed by atoms with van der Waals surface area (Å²) in [6.07, 6.45) is 6.24. The van der Waals surface area contributed by atoms with E-state index in [1.807, 2.05) is 6.07 Å². The van der Waals surface area contributed by atoms with E-state index in [9.17, 15) is 10.2 Å². The second kappa shape index (κ2) is 4.11. The molecule has 2 heteroatoms. The van der Waals surface area contributed by atoms with Gasteiger partial charge in [-0.15, -0.1) is 0 Å². The summed E-state index contributed by atoms with van der Waals surface area (Å²) in [4.78, 5) is 0. The lowest BCUT2D eigenvalue weighted by molar-refractivity contribution is 0.0352. The summed E-state index contributed by atoms with van der Waals surface area (Å²) in [6.45, 7) is 2.28. The number of aliphatic hydroxyl groups is 1. The van der Waals surface area contributed by atoms with Crippen LogP contribution in [0, 0.1) is 11.3 Å². The molecule has 3 aliphatic carbocycles. The molecular weight excluding hydrogens is 248 g/mol. The first kappa shape index (κ1) is 12.5. The summed E-state index contributed by atoms with van der Waals surface area (Å²) in [6, 6.07) is 5.80. The maximum Gasteiger partial charge on any atom is 0.115 e. The zero-order chi connectivity index (χ0) is 13.9. The Morgan fingerprint density at radius 3 is 2.85 bits per heavy atom. The number of phenols is 1. The first-order valence-corrected chi connectivity index (χ1v) is 7.77. The quantitative estimate of drug-likeness (QED) is 0.710. The minimum Gasteiger partial charge on any atom is -0.508 e. The predicted octanol–water partition coefficient (Wildman–Crippen LogP) is 3.36. The smallest absolute Gasteiger partial charge is 0.115 e. The van der Waals surface area contributed by atoms with E-state index in [-0.39, 0.29) is 11.5 Å². The summed E-state index contributed by atoms with van der Waals surface area (Å²) < 4.78 is 0. The molecule has 3 unspecified atom stereocenters. The lowest BCUT2D eigenvalue weighted by Gasteiger charge is -2.43. The van der Waals surface area contributed by atoms with Gasteiger partial charge >= 0.3 is 0 Å². The Balaban J connectivity index is 1.74. The van der Waals surface area contributed by atoms with E-state index in [0.29, 0.717) is 11.7 Å². The Morgan fingerprint density at radius 2 is 2.00 bits per heavy atom. The van der Waals surface area contributed by atoms with Gasteiger partial charge < -0.3 is 10.2 Å². The van der Waals surface area contributed by atoms with Crippen LogP contribution in [-0.4, -0.2) is 16.3 Å². The minimum atomic E-state index is -0.122. The molecule has 0 amide bonds. The molecule has 1 aromatic rings. The van der Waals surface area contributed by atoms with Gasteiger partial charge in [0.25, 0.3) is 0 Å². The van der Waals surface area contributed by atoms with Gasteiger partial charge in [-0.2, -0.15) is 0 Å². The highest BCUT2D eigenvalue weighted by Gasteiger charge is 2.50. The third-order valence-corrected chi connectivity index (χ3v) is 6.10. The van der Waals surface area contributed by atoms with Crippen molar-refractivity contribution >= 4 is 0 Å². The SMILES string of the molecule is CC12CCC3=C(Cc4ccc(O)cc4C3)C1CCC2O. The molecule has 0 bridgehead atoms. The largest absolute Gasteiger partial charge is 0.508 e. The van der Waals surface area contributed by atoms with Crippen molar-refractivity contribution in [2.75, 3.05) is 0 Å². The van der Waals surface area contributed by atoms with Crippen LogP contribution in [0.5, 0.6) is 5.75 Å². The molecule has 1 fully saturated rings. The number of fused-ring (bicyclic) bond motifs is 3. The predicted molar refractivity (Wildman–Crippen MR) is 78.6 cm³/mol. The lowest BCUT2D eigenvalue weighted by Crippen LogP contribution is -2.38. The van der Waals surface area contributed by atoms with Gasteiger partial charge in [-0.25, -0.2) is 0 Å². The Morgan fingerprint density at radius 1 is 1.15 bits per heavy atom. The van der Waals surface area contributed by atoms with E-state index in [2.05, 4.69) is 13.0 Å². The first-order valence-electron chi connectivity index (χ1n) is 7.77. The van der Waals surface area contributed by atoms with Crippen LogP contribution in [0.4, 0.5) is 0 Å². The molecule has 0 heterocycles. The second-order valence-electron chi connectivity index (χ2n) is 7.09. The van der Waals surface area contributed by atoms with E-state index in [0.717, 1.165) is 38.5 Å². The maximum atomic E-state index is 10.3. The monoisotopic (exact) mass is 270 g/mol. The number of rotatable bonds is 0. The summed E-state index contributed by atoms with van der Waals surface area (Å²) in [5.41, 5.74) is 5.96. The molecule has 4 rings (SSSR count). The molecule has 1 aromatic carbocycles. The van der Waals surface area contributed by atoms with E-state index < -0.39 is 0 Å². The van der Waals surface area contributed by atoms with Gasteiger partial charge in [-0.1, -0.05) is 24.1 Å². The number of hydrogen-bond acceptors (Lipinski definition) is 2. The molecule has 0 saturated heterocycles. The molecule has 0 radical (unpaired) electrons. The van der Waals surface area contributed by atoms with Gasteiger partial charge in [0.05, 0.1) is 6.10 Å². The molecule has 1 saturated carbocycles. The number of phenolic OH excluding ortho intramolecular Hbond substituents is 1. The average molecular weight is 270 g/mol. The van der Waals surface area contributed by atoms with Crippen molar-refractivity contribution in [2.45, 2.75) is 51.6 Å². The minimum absolute atomic E-state index is 0.104. The number of hydrogen-bond donors (Lipinski definition) is 2. The first-order chi connectivity index (χ1) is 9.58. The van der Waals surface area contributed by atoms with Gasteiger partial charge in [-0.05, 0) is 67.7 Å².